The van der Waals surface area contributed by atoms with E-state index in [9.17, 15) is 14.0 Å². The molecule has 1 amide bonds. The van der Waals surface area contributed by atoms with Crippen LogP contribution in [0.1, 0.15) is 31.2 Å². The summed E-state index contributed by atoms with van der Waals surface area (Å²) < 4.78 is 23.8. The average Bonchev–Trinajstić information content (AvgIpc) is 3.27. The molecule has 0 saturated heterocycles. The molecule has 36 heavy (non-hydrogen) atoms. The molecule has 2 aromatic carbocycles. The van der Waals surface area contributed by atoms with E-state index in [1.807, 2.05) is 0 Å². The van der Waals surface area contributed by atoms with Gasteiger partial charge in [-0.15, -0.1) is 11.3 Å². The lowest BCUT2D eigenvalue weighted by molar-refractivity contribution is 0.0636. The van der Waals surface area contributed by atoms with Crippen molar-refractivity contribution in [3.63, 3.8) is 0 Å². The summed E-state index contributed by atoms with van der Waals surface area (Å²) in [7, 11) is 1.40. The summed E-state index contributed by atoms with van der Waals surface area (Å²) in [4.78, 5) is 37.5. The smallest absolute Gasteiger partial charge is 0.412 e. The number of nitrogens with zero attached hydrogens (tertiary/aromatic N) is 2. The van der Waals surface area contributed by atoms with Gasteiger partial charge in [0.25, 0.3) is 5.56 Å². The van der Waals surface area contributed by atoms with Crippen LogP contribution >= 0.6 is 11.3 Å². The highest BCUT2D eigenvalue weighted by atomic mass is 32.1. The number of hydrogen-bond donors (Lipinski definition) is 2. The van der Waals surface area contributed by atoms with Gasteiger partial charge >= 0.3 is 6.09 Å². The molecule has 4 rings (SSSR count). The molecule has 10 heteroatoms. The number of anilines is 1. The van der Waals surface area contributed by atoms with Crippen LogP contribution in [0.3, 0.4) is 0 Å². The van der Waals surface area contributed by atoms with E-state index < -0.39 is 17.3 Å². The van der Waals surface area contributed by atoms with E-state index in [4.69, 9.17) is 9.47 Å². The molecule has 0 spiro atoms. The topological polar surface area (TPSA) is 106 Å². The summed E-state index contributed by atoms with van der Waals surface area (Å²) in [6, 6.07) is 13.1. The van der Waals surface area contributed by atoms with E-state index in [0.29, 0.717) is 34.2 Å². The molecule has 0 radical (unpaired) electrons. The number of carbonyl (C=O) groups excluding carboxylic acids is 1. The summed E-state index contributed by atoms with van der Waals surface area (Å²) in [5.41, 5.74) is 1.38. The molecule has 0 atom stereocenters. The molecule has 0 aliphatic rings. The summed E-state index contributed by atoms with van der Waals surface area (Å²) >= 11 is 1.38. The molecule has 2 N–H and O–H groups in total. The Labute approximate surface area is 211 Å². The van der Waals surface area contributed by atoms with Crippen LogP contribution in [0.15, 0.2) is 59.5 Å². The first kappa shape index (κ1) is 25.1. The van der Waals surface area contributed by atoms with Gasteiger partial charge in [0.1, 0.15) is 27.9 Å². The normalized spacial score (nSPS) is 11.2. The number of aromatic amines is 1. The number of benzene rings is 2. The standard InChI is InChI=1S/C26H25FN4O4S/c1-26(2,3)35-25(33)29-18-11-7-16(8-12-18)22-30-20(21(34-4)23(32)31-22)24-28-14-19(36-24)13-15-5-9-17(27)10-6-15/h5-12,14H,13H2,1-4H3,(H,29,33)(H,30,31,32). The Kier molecular flexibility index (Phi) is 7.16. The molecule has 8 nitrogen and oxygen atoms in total. The van der Waals surface area contributed by atoms with Crippen LogP contribution in [0, 0.1) is 5.82 Å². The number of methoxy groups -OCH3 is 1. The first-order chi connectivity index (χ1) is 17.1. The highest BCUT2D eigenvalue weighted by Gasteiger charge is 2.19. The lowest BCUT2D eigenvalue weighted by Gasteiger charge is -2.19. The summed E-state index contributed by atoms with van der Waals surface area (Å²) in [6.07, 6.45) is 1.72. The second-order valence-electron chi connectivity index (χ2n) is 8.94. The molecule has 0 saturated carbocycles. The number of aromatic nitrogens is 3. The van der Waals surface area contributed by atoms with Gasteiger partial charge in [-0.25, -0.2) is 19.2 Å². The molecule has 186 valence electrons. The number of amides is 1. The van der Waals surface area contributed by atoms with E-state index in [2.05, 4.69) is 20.3 Å². The van der Waals surface area contributed by atoms with E-state index in [0.717, 1.165) is 10.4 Å². The van der Waals surface area contributed by atoms with Gasteiger partial charge in [0.15, 0.2) is 0 Å². The predicted molar refractivity (Wildman–Crippen MR) is 137 cm³/mol. The van der Waals surface area contributed by atoms with E-state index >= 15 is 0 Å². The maximum Gasteiger partial charge on any atom is 0.412 e. The molecular weight excluding hydrogens is 483 g/mol. The lowest BCUT2D eigenvalue weighted by Crippen LogP contribution is -2.27. The Bertz CT molecular complexity index is 1420. The summed E-state index contributed by atoms with van der Waals surface area (Å²) in [5.74, 6) is 0.0990. The highest BCUT2D eigenvalue weighted by Crippen LogP contribution is 2.31. The molecule has 0 aliphatic carbocycles. The van der Waals surface area contributed by atoms with Gasteiger partial charge in [0.05, 0.1) is 7.11 Å². The number of rotatable bonds is 6. The van der Waals surface area contributed by atoms with Gasteiger partial charge in [-0.1, -0.05) is 12.1 Å². The third kappa shape index (κ3) is 6.14. The molecule has 0 fully saturated rings. The summed E-state index contributed by atoms with van der Waals surface area (Å²) in [5, 5.41) is 3.19. The van der Waals surface area contributed by atoms with E-state index in [1.165, 1.54) is 30.6 Å². The number of ether oxygens (including phenoxy) is 2. The van der Waals surface area contributed by atoms with Crippen LogP contribution in [-0.4, -0.2) is 33.8 Å². The Morgan fingerprint density at radius 3 is 2.44 bits per heavy atom. The first-order valence-corrected chi connectivity index (χ1v) is 11.9. The molecule has 4 aromatic rings. The minimum atomic E-state index is -0.609. The zero-order valence-corrected chi connectivity index (χ0v) is 21.0. The van der Waals surface area contributed by atoms with Gasteiger partial charge < -0.3 is 14.5 Å². The van der Waals surface area contributed by atoms with Crippen molar-refractivity contribution in [1.82, 2.24) is 15.0 Å². The molecule has 0 unspecified atom stereocenters. The van der Waals surface area contributed by atoms with Crippen LogP contribution in [-0.2, 0) is 11.2 Å². The van der Waals surface area contributed by atoms with Crippen LogP contribution < -0.4 is 15.6 Å². The van der Waals surface area contributed by atoms with E-state index in [-0.39, 0.29) is 11.6 Å². The highest BCUT2D eigenvalue weighted by molar-refractivity contribution is 7.15. The van der Waals surface area contributed by atoms with Gasteiger partial charge in [-0.2, -0.15) is 0 Å². The summed E-state index contributed by atoms with van der Waals surface area (Å²) in [6.45, 7) is 5.35. The monoisotopic (exact) mass is 508 g/mol. The largest absolute Gasteiger partial charge is 0.489 e. The van der Waals surface area contributed by atoms with Crippen molar-refractivity contribution in [2.75, 3.05) is 12.4 Å². The number of H-pyrrole nitrogens is 1. The Morgan fingerprint density at radius 2 is 1.81 bits per heavy atom. The van der Waals surface area contributed by atoms with Crippen LogP contribution in [0.5, 0.6) is 5.75 Å². The van der Waals surface area contributed by atoms with Gasteiger partial charge in [0, 0.05) is 28.7 Å². The number of halogens is 1. The number of thiazole rings is 1. The van der Waals surface area contributed by atoms with Crippen molar-refractivity contribution >= 4 is 23.1 Å². The maximum absolute atomic E-state index is 13.2. The first-order valence-electron chi connectivity index (χ1n) is 11.1. The van der Waals surface area contributed by atoms with Crippen molar-refractivity contribution in [1.29, 1.82) is 0 Å². The fraction of sp³-hybridized carbons (Fsp3) is 0.231. The van der Waals surface area contributed by atoms with Gasteiger partial charge in [-0.3, -0.25) is 10.1 Å². The van der Waals surface area contributed by atoms with E-state index in [1.54, 1.807) is 63.4 Å². The average molecular weight is 509 g/mol. The number of hydrogen-bond acceptors (Lipinski definition) is 7. The molecular formula is C26H25FN4O4S. The third-order valence-electron chi connectivity index (χ3n) is 4.93. The SMILES string of the molecule is COc1c(-c2ncc(Cc3ccc(F)cc3)s2)nc(-c2ccc(NC(=O)OC(C)(C)C)cc2)[nH]c1=O. The molecule has 2 heterocycles. The number of nitrogens with one attached hydrogen (secondary N) is 2. The Balaban J connectivity index is 1.59. The Hall–Kier alpha value is -4.05. The molecule has 2 aromatic heterocycles. The third-order valence-corrected chi connectivity index (χ3v) is 5.94. The zero-order valence-electron chi connectivity index (χ0n) is 20.2. The van der Waals surface area contributed by atoms with Crippen LogP contribution in [0.25, 0.3) is 22.1 Å². The zero-order chi connectivity index (χ0) is 25.9. The minimum absolute atomic E-state index is 0.0599. The van der Waals surface area contributed by atoms with Crippen molar-refractivity contribution in [2.45, 2.75) is 32.8 Å². The van der Waals surface area contributed by atoms with Crippen LogP contribution in [0.2, 0.25) is 0 Å². The van der Waals surface area contributed by atoms with Crippen molar-refractivity contribution in [3.05, 3.63) is 81.3 Å². The van der Waals surface area contributed by atoms with Crippen molar-refractivity contribution < 1.29 is 18.7 Å². The second kappa shape index (κ2) is 10.3. The van der Waals surface area contributed by atoms with Gasteiger partial charge in [-0.05, 0) is 62.7 Å². The Morgan fingerprint density at radius 1 is 1.11 bits per heavy atom. The maximum atomic E-state index is 13.2. The van der Waals surface area contributed by atoms with Gasteiger partial charge in [0.2, 0.25) is 5.75 Å². The quantitative estimate of drug-likeness (QED) is 0.349. The fourth-order valence-electron chi connectivity index (χ4n) is 3.37. The minimum Gasteiger partial charge on any atom is -0.489 e. The van der Waals surface area contributed by atoms with Crippen molar-refractivity contribution in [2.24, 2.45) is 0 Å². The van der Waals surface area contributed by atoms with Crippen molar-refractivity contribution in [3.8, 4) is 27.8 Å². The lowest BCUT2D eigenvalue weighted by atomic mass is 10.1. The second-order valence-corrected chi connectivity index (χ2v) is 10.1. The predicted octanol–water partition coefficient (Wildman–Crippen LogP) is 5.65. The van der Waals surface area contributed by atoms with Crippen LogP contribution in [0.4, 0.5) is 14.9 Å². The number of carbonyl (C=O) groups is 1. The fourth-order valence-corrected chi connectivity index (χ4v) is 4.30. The molecule has 0 aliphatic heterocycles. The molecule has 0 bridgehead atoms.